The molecule has 92 valence electrons. The Bertz CT molecular complexity index is 485. The average molecular weight is 249 g/mol. The molecule has 2 heterocycles. The van der Waals surface area contributed by atoms with Gasteiger partial charge in [-0.25, -0.2) is 0 Å². The first-order valence-electron chi connectivity index (χ1n) is 6.07. The third-order valence-electron chi connectivity index (χ3n) is 2.71. The van der Waals surface area contributed by atoms with Crippen molar-refractivity contribution in [3.63, 3.8) is 0 Å². The normalized spacial score (nSPS) is 11.0. The molecule has 0 aliphatic heterocycles. The molecule has 0 atom stereocenters. The van der Waals surface area contributed by atoms with Gasteiger partial charge in [0.15, 0.2) is 0 Å². The molecule has 0 unspecified atom stereocenters. The molecule has 0 bridgehead atoms. The van der Waals surface area contributed by atoms with Crippen molar-refractivity contribution < 1.29 is 0 Å². The van der Waals surface area contributed by atoms with Crippen LogP contribution in [0.25, 0.3) is 10.6 Å². The molecular formula is C13H19N3S. The summed E-state index contributed by atoms with van der Waals surface area (Å²) in [5, 5.41) is 7.93. The zero-order valence-electron chi connectivity index (χ0n) is 10.7. The Labute approximate surface area is 106 Å². The molecule has 0 radical (unpaired) electrons. The fourth-order valence-corrected chi connectivity index (χ4v) is 2.80. The molecule has 0 aliphatic rings. The second-order valence-corrected chi connectivity index (χ2v) is 5.24. The van der Waals surface area contributed by atoms with Crippen LogP contribution in [0.3, 0.4) is 0 Å². The number of nitrogens with zero attached hydrogens (tertiary/aromatic N) is 2. The highest BCUT2D eigenvalue weighted by atomic mass is 32.1. The molecule has 3 nitrogen and oxygen atoms in total. The molecule has 0 aromatic carbocycles. The van der Waals surface area contributed by atoms with E-state index >= 15 is 0 Å². The minimum Gasteiger partial charge on any atom is -0.313 e. The molecule has 0 saturated heterocycles. The Kier molecular flexibility index (Phi) is 3.97. The lowest BCUT2D eigenvalue weighted by Gasteiger charge is -2.00. The molecule has 4 heteroatoms. The number of aryl methyl sites for hydroxylation is 2. The number of nitrogens with one attached hydrogen (secondary N) is 1. The largest absolute Gasteiger partial charge is 0.313 e. The fourth-order valence-electron chi connectivity index (χ4n) is 1.83. The highest BCUT2D eigenvalue weighted by molar-refractivity contribution is 7.15. The van der Waals surface area contributed by atoms with Crippen LogP contribution in [0.1, 0.15) is 24.3 Å². The summed E-state index contributed by atoms with van der Waals surface area (Å²) in [6, 6.07) is 4.38. The van der Waals surface area contributed by atoms with Crippen LogP contribution in [0, 0.1) is 0 Å². The van der Waals surface area contributed by atoms with Crippen molar-refractivity contribution in [1.29, 1.82) is 0 Å². The molecule has 1 N–H and O–H groups in total. The van der Waals surface area contributed by atoms with Gasteiger partial charge < -0.3 is 5.32 Å². The standard InChI is InChI=1S/C13H19N3S/c1-4-11-6-7-12(17-11)13-10(8-14-5-2)9-16(3)15-13/h6-7,9,14H,4-5,8H2,1-3H3. The van der Waals surface area contributed by atoms with Gasteiger partial charge >= 0.3 is 0 Å². The highest BCUT2D eigenvalue weighted by Gasteiger charge is 2.11. The molecule has 0 saturated carbocycles. The smallest absolute Gasteiger partial charge is 0.107 e. The Morgan fingerprint density at radius 3 is 2.82 bits per heavy atom. The number of rotatable bonds is 5. The fraction of sp³-hybridized carbons (Fsp3) is 0.462. The summed E-state index contributed by atoms with van der Waals surface area (Å²) in [6.07, 6.45) is 3.20. The predicted octanol–water partition coefficient (Wildman–Crippen LogP) is 2.82. The Morgan fingerprint density at radius 1 is 1.35 bits per heavy atom. The van der Waals surface area contributed by atoms with Crippen molar-refractivity contribution in [1.82, 2.24) is 15.1 Å². The van der Waals surface area contributed by atoms with Gasteiger partial charge in [-0.05, 0) is 25.1 Å². The lowest BCUT2D eigenvalue weighted by Crippen LogP contribution is -2.11. The summed E-state index contributed by atoms with van der Waals surface area (Å²) in [7, 11) is 1.98. The summed E-state index contributed by atoms with van der Waals surface area (Å²) >= 11 is 1.84. The van der Waals surface area contributed by atoms with Crippen molar-refractivity contribution in [3.8, 4) is 10.6 Å². The van der Waals surface area contributed by atoms with Crippen LogP contribution in [0.4, 0.5) is 0 Å². The van der Waals surface area contributed by atoms with E-state index in [4.69, 9.17) is 0 Å². The van der Waals surface area contributed by atoms with E-state index in [1.807, 2.05) is 23.1 Å². The minimum absolute atomic E-state index is 0.888. The van der Waals surface area contributed by atoms with Crippen LogP contribution in [-0.4, -0.2) is 16.3 Å². The molecule has 0 aliphatic carbocycles. The lowest BCUT2D eigenvalue weighted by atomic mass is 10.2. The molecule has 2 rings (SSSR count). The van der Waals surface area contributed by atoms with Crippen LogP contribution >= 0.6 is 11.3 Å². The quantitative estimate of drug-likeness (QED) is 0.883. The maximum Gasteiger partial charge on any atom is 0.107 e. The van der Waals surface area contributed by atoms with Gasteiger partial charge in [0.25, 0.3) is 0 Å². The predicted molar refractivity (Wildman–Crippen MR) is 73.3 cm³/mol. The van der Waals surface area contributed by atoms with E-state index < -0.39 is 0 Å². The Balaban J connectivity index is 2.29. The number of hydrogen-bond donors (Lipinski definition) is 1. The summed E-state index contributed by atoms with van der Waals surface area (Å²) in [6.45, 7) is 6.18. The monoisotopic (exact) mass is 249 g/mol. The van der Waals surface area contributed by atoms with E-state index in [1.54, 1.807) is 0 Å². The molecule has 2 aromatic heterocycles. The summed E-state index contributed by atoms with van der Waals surface area (Å²) < 4.78 is 1.90. The second kappa shape index (κ2) is 5.47. The van der Waals surface area contributed by atoms with E-state index in [0.29, 0.717) is 0 Å². The first-order chi connectivity index (χ1) is 8.24. The van der Waals surface area contributed by atoms with Crippen LogP contribution in [-0.2, 0) is 20.0 Å². The molecule has 0 amide bonds. The van der Waals surface area contributed by atoms with E-state index in [0.717, 1.165) is 25.2 Å². The molecule has 0 fully saturated rings. The topological polar surface area (TPSA) is 29.9 Å². The van der Waals surface area contributed by atoms with Gasteiger partial charge in [-0.3, -0.25) is 4.68 Å². The van der Waals surface area contributed by atoms with Gasteiger partial charge in [0.05, 0.1) is 4.88 Å². The summed E-state index contributed by atoms with van der Waals surface area (Å²) in [5.41, 5.74) is 2.40. The molecule has 17 heavy (non-hydrogen) atoms. The first kappa shape index (κ1) is 12.3. The van der Waals surface area contributed by atoms with E-state index in [2.05, 4.69) is 42.6 Å². The Hall–Kier alpha value is -1.13. The van der Waals surface area contributed by atoms with Crippen molar-refractivity contribution in [2.75, 3.05) is 6.54 Å². The van der Waals surface area contributed by atoms with Crippen LogP contribution < -0.4 is 5.32 Å². The van der Waals surface area contributed by atoms with E-state index in [-0.39, 0.29) is 0 Å². The average Bonchev–Trinajstić information content (AvgIpc) is 2.92. The Morgan fingerprint density at radius 2 is 2.18 bits per heavy atom. The maximum atomic E-state index is 4.57. The van der Waals surface area contributed by atoms with Crippen molar-refractivity contribution in [2.45, 2.75) is 26.8 Å². The van der Waals surface area contributed by atoms with Crippen LogP contribution in [0.5, 0.6) is 0 Å². The SMILES string of the molecule is CCNCc1cn(C)nc1-c1ccc(CC)s1. The molecule has 0 spiro atoms. The molecular weight excluding hydrogens is 230 g/mol. The number of aromatic nitrogens is 2. The second-order valence-electron chi connectivity index (χ2n) is 4.08. The van der Waals surface area contributed by atoms with Crippen molar-refractivity contribution in [2.24, 2.45) is 7.05 Å². The van der Waals surface area contributed by atoms with Gasteiger partial charge in [0.1, 0.15) is 5.69 Å². The lowest BCUT2D eigenvalue weighted by molar-refractivity contribution is 0.724. The van der Waals surface area contributed by atoms with Gasteiger partial charge in [-0.15, -0.1) is 11.3 Å². The van der Waals surface area contributed by atoms with E-state index in [9.17, 15) is 0 Å². The van der Waals surface area contributed by atoms with Gasteiger partial charge in [0.2, 0.25) is 0 Å². The minimum atomic E-state index is 0.888. The van der Waals surface area contributed by atoms with Crippen LogP contribution in [0.2, 0.25) is 0 Å². The van der Waals surface area contributed by atoms with E-state index in [1.165, 1.54) is 15.3 Å². The first-order valence-corrected chi connectivity index (χ1v) is 6.88. The highest BCUT2D eigenvalue weighted by Crippen LogP contribution is 2.29. The number of hydrogen-bond acceptors (Lipinski definition) is 3. The third kappa shape index (κ3) is 2.76. The van der Waals surface area contributed by atoms with Crippen molar-refractivity contribution in [3.05, 3.63) is 28.8 Å². The zero-order chi connectivity index (χ0) is 12.3. The summed E-state index contributed by atoms with van der Waals surface area (Å²) in [4.78, 5) is 2.69. The zero-order valence-corrected chi connectivity index (χ0v) is 11.5. The molecule has 2 aromatic rings. The maximum absolute atomic E-state index is 4.57. The summed E-state index contributed by atoms with van der Waals surface area (Å²) in [5.74, 6) is 0. The van der Waals surface area contributed by atoms with Crippen molar-refractivity contribution >= 4 is 11.3 Å². The van der Waals surface area contributed by atoms with Gasteiger partial charge in [-0.2, -0.15) is 5.10 Å². The van der Waals surface area contributed by atoms with Crippen LogP contribution in [0.15, 0.2) is 18.3 Å². The van der Waals surface area contributed by atoms with Gasteiger partial charge in [0, 0.05) is 30.2 Å². The number of thiophene rings is 1. The van der Waals surface area contributed by atoms with Gasteiger partial charge in [-0.1, -0.05) is 13.8 Å². The third-order valence-corrected chi connectivity index (χ3v) is 3.95.